The van der Waals surface area contributed by atoms with Crippen molar-refractivity contribution in [1.82, 2.24) is 5.32 Å². The molecule has 8 nitrogen and oxygen atoms in total. The van der Waals surface area contributed by atoms with Crippen molar-refractivity contribution in [3.63, 3.8) is 0 Å². The lowest BCUT2D eigenvalue weighted by Gasteiger charge is -2.16. The summed E-state index contributed by atoms with van der Waals surface area (Å²) in [4.78, 5) is 49.3. The summed E-state index contributed by atoms with van der Waals surface area (Å²) in [5.41, 5.74) is 1.31. The van der Waals surface area contributed by atoms with Gasteiger partial charge in [-0.1, -0.05) is 30.3 Å². The van der Waals surface area contributed by atoms with Gasteiger partial charge in [0.15, 0.2) is 6.61 Å². The summed E-state index contributed by atoms with van der Waals surface area (Å²) >= 11 is 0. The first-order valence-corrected chi connectivity index (χ1v) is 9.32. The van der Waals surface area contributed by atoms with E-state index in [-0.39, 0.29) is 5.56 Å². The number of amides is 2. The quantitative estimate of drug-likeness (QED) is 0.498. The zero-order chi connectivity index (χ0) is 21.3. The molecule has 1 aliphatic rings. The van der Waals surface area contributed by atoms with Gasteiger partial charge >= 0.3 is 5.97 Å². The predicted molar refractivity (Wildman–Crippen MR) is 107 cm³/mol. The van der Waals surface area contributed by atoms with Gasteiger partial charge in [0, 0.05) is 5.39 Å². The average molecular weight is 406 g/mol. The molecule has 3 aromatic rings. The minimum atomic E-state index is -0.795. The number of esters is 1. The van der Waals surface area contributed by atoms with Crippen LogP contribution in [0.15, 0.2) is 59.0 Å². The van der Waals surface area contributed by atoms with Crippen LogP contribution in [0.5, 0.6) is 0 Å². The van der Waals surface area contributed by atoms with E-state index in [1.165, 1.54) is 6.07 Å². The Labute approximate surface area is 171 Å². The van der Waals surface area contributed by atoms with Crippen molar-refractivity contribution in [3.05, 3.63) is 65.9 Å². The molecule has 152 valence electrons. The number of nitrogens with zero attached hydrogens (tertiary/aromatic N) is 1. The number of ketones is 1. The lowest BCUT2D eigenvalue weighted by molar-refractivity contribution is -0.147. The Hall–Kier alpha value is -3.94. The Bertz CT molecular complexity index is 1130. The molecule has 1 aliphatic heterocycles. The Kier molecular flexibility index (Phi) is 5.05. The maximum Gasteiger partial charge on any atom is 0.326 e. The molecule has 0 saturated carbocycles. The third-order valence-corrected chi connectivity index (χ3v) is 4.78. The minimum absolute atomic E-state index is 0.243. The van der Waals surface area contributed by atoms with Gasteiger partial charge in [0.25, 0.3) is 17.6 Å². The number of benzene rings is 2. The molecule has 1 aromatic heterocycles. The highest BCUT2D eigenvalue weighted by molar-refractivity contribution is 6.52. The highest BCUT2D eigenvalue weighted by atomic mass is 16.5. The van der Waals surface area contributed by atoms with Crippen LogP contribution in [-0.4, -0.2) is 36.7 Å². The van der Waals surface area contributed by atoms with Crippen molar-refractivity contribution in [3.8, 4) is 0 Å². The summed E-state index contributed by atoms with van der Waals surface area (Å²) in [6.07, 6.45) is 0. The predicted octanol–water partition coefficient (Wildman–Crippen LogP) is 2.38. The van der Waals surface area contributed by atoms with E-state index < -0.39 is 42.8 Å². The van der Waals surface area contributed by atoms with E-state index in [2.05, 4.69) is 5.32 Å². The number of carbonyl (C=O) groups excluding carboxylic acids is 4. The SMILES string of the molecule is CC(NC(=O)COC(=O)CN1C(=O)C(=O)c2ccccc21)c1cc2ccccc2o1. The average Bonchev–Trinajstić information content (AvgIpc) is 3.28. The number of anilines is 1. The summed E-state index contributed by atoms with van der Waals surface area (Å²) < 4.78 is 10.7. The molecule has 0 spiro atoms. The second-order valence-corrected chi connectivity index (χ2v) is 6.87. The molecule has 8 heteroatoms. The molecule has 0 fully saturated rings. The van der Waals surface area contributed by atoms with E-state index in [1.54, 1.807) is 25.1 Å². The molecule has 0 saturated heterocycles. The number of fused-ring (bicyclic) bond motifs is 2. The molecular formula is C22H18N2O6. The van der Waals surface area contributed by atoms with Gasteiger partial charge in [0.05, 0.1) is 17.3 Å². The monoisotopic (exact) mass is 406 g/mol. The summed E-state index contributed by atoms with van der Waals surface area (Å²) in [6, 6.07) is 15.3. The second kappa shape index (κ2) is 7.82. The second-order valence-electron chi connectivity index (χ2n) is 6.87. The smallest absolute Gasteiger partial charge is 0.326 e. The number of carbonyl (C=O) groups is 4. The maximum absolute atomic E-state index is 12.1. The van der Waals surface area contributed by atoms with Crippen molar-refractivity contribution < 1.29 is 28.3 Å². The summed E-state index contributed by atoms with van der Waals surface area (Å²) in [5.74, 6) is -2.19. The van der Waals surface area contributed by atoms with Gasteiger partial charge in [-0.3, -0.25) is 24.1 Å². The first kappa shape index (κ1) is 19.4. The third kappa shape index (κ3) is 3.67. The molecule has 1 unspecified atom stereocenters. The van der Waals surface area contributed by atoms with Crippen LogP contribution >= 0.6 is 0 Å². The largest absolute Gasteiger partial charge is 0.459 e. The van der Waals surface area contributed by atoms with Crippen LogP contribution in [-0.2, 0) is 19.1 Å². The molecule has 0 aliphatic carbocycles. The maximum atomic E-state index is 12.1. The van der Waals surface area contributed by atoms with E-state index in [0.29, 0.717) is 17.0 Å². The standard InChI is InChI=1S/C22H18N2O6/c1-13(18-10-14-6-2-5-9-17(14)30-18)23-19(25)12-29-20(26)11-24-16-8-4-3-7-15(16)21(27)22(24)28/h2-10,13H,11-12H2,1H3,(H,23,25). The minimum Gasteiger partial charge on any atom is -0.459 e. The number of rotatable bonds is 6. The van der Waals surface area contributed by atoms with Gasteiger partial charge in [0.1, 0.15) is 17.9 Å². The molecule has 0 bridgehead atoms. The van der Waals surface area contributed by atoms with Gasteiger partial charge in [-0.2, -0.15) is 0 Å². The molecule has 1 atom stereocenters. The summed E-state index contributed by atoms with van der Waals surface area (Å²) in [5, 5.41) is 3.61. The zero-order valence-electron chi connectivity index (χ0n) is 16.1. The lowest BCUT2D eigenvalue weighted by atomic mass is 10.1. The highest BCUT2D eigenvalue weighted by Crippen LogP contribution is 2.28. The van der Waals surface area contributed by atoms with E-state index in [9.17, 15) is 19.2 Å². The van der Waals surface area contributed by atoms with Crippen molar-refractivity contribution in [1.29, 1.82) is 0 Å². The fraction of sp³-hybridized carbons (Fsp3) is 0.182. The van der Waals surface area contributed by atoms with Crippen LogP contribution in [0.3, 0.4) is 0 Å². The van der Waals surface area contributed by atoms with Crippen LogP contribution in [0.2, 0.25) is 0 Å². The van der Waals surface area contributed by atoms with Crippen LogP contribution in [0.4, 0.5) is 5.69 Å². The van der Waals surface area contributed by atoms with E-state index in [0.717, 1.165) is 10.3 Å². The Balaban J connectivity index is 1.31. The molecule has 0 radical (unpaired) electrons. The number of Topliss-reactive ketones (excluding diaryl/α,β-unsaturated/α-hetero) is 1. The van der Waals surface area contributed by atoms with Gasteiger partial charge in [0.2, 0.25) is 0 Å². The Morgan fingerprint density at radius 2 is 1.83 bits per heavy atom. The molecule has 1 N–H and O–H groups in total. The van der Waals surface area contributed by atoms with Crippen molar-refractivity contribution in [2.75, 3.05) is 18.1 Å². The number of furan rings is 1. The van der Waals surface area contributed by atoms with Crippen LogP contribution in [0.25, 0.3) is 11.0 Å². The molecule has 2 heterocycles. The van der Waals surface area contributed by atoms with E-state index in [1.807, 2.05) is 30.3 Å². The molecule has 4 rings (SSSR count). The van der Waals surface area contributed by atoms with Gasteiger partial charge < -0.3 is 14.5 Å². The normalized spacial score (nSPS) is 14.0. The van der Waals surface area contributed by atoms with Crippen LogP contribution < -0.4 is 10.2 Å². The topological polar surface area (TPSA) is 106 Å². The Morgan fingerprint density at radius 3 is 2.63 bits per heavy atom. The first-order chi connectivity index (χ1) is 14.4. The van der Waals surface area contributed by atoms with Gasteiger partial charge in [-0.25, -0.2) is 0 Å². The van der Waals surface area contributed by atoms with E-state index >= 15 is 0 Å². The summed E-state index contributed by atoms with van der Waals surface area (Å²) in [6.45, 7) is 0.790. The van der Waals surface area contributed by atoms with Crippen LogP contribution in [0, 0.1) is 0 Å². The van der Waals surface area contributed by atoms with Gasteiger partial charge in [-0.15, -0.1) is 0 Å². The van der Waals surface area contributed by atoms with Crippen molar-refractivity contribution in [2.24, 2.45) is 0 Å². The number of ether oxygens (including phenoxy) is 1. The molecule has 2 aromatic carbocycles. The van der Waals surface area contributed by atoms with Crippen LogP contribution in [0.1, 0.15) is 29.1 Å². The lowest BCUT2D eigenvalue weighted by Crippen LogP contribution is -2.37. The molecule has 2 amide bonds. The fourth-order valence-electron chi connectivity index (χ4n) is 3.30. The third-order valence-electron chi connectivity index (χ3n) is 4.78. The number of hydrogen-bond donors (Lipinski definition) is 1. The van der Waals surface area contributed by atoms with E-state index in [4.69, 9.17) is 9.15 Å². The number of hydrogen-bond acceptors (Lipinski definition) is 6. The Morgan fingerprint density at radius 1 is 1.10 bits per heavy atom. The fourth-order valence-corrected chi connectivity index (χ4v) is 3.30. The zero-order valence-corrected chi connectivity index (χ0v) is 16.1. The highest BCUT2D eigenvalue weighted by Gasteiger charge is 2.36. The number of nitrogens with one attached hydrogen (secondary N) is 1. The number of para-hydroxylation sites is 2. The van der Waals surface area contributed by atoms with Crippen molar-refractivity contribution >= 4 is 40.2 Å². The first-order valence-electron chi connectivity index (χ1n) is 9.32. The van der Waals surface area contributed by atoms with Crippen molar-refractivity contribution in [2.45, 2.75) is 13.0 Å². The molecular weight excluding hydrogens is 388 g/mol. The van der Waals surface area contributed by atoms with Gasteiger partial charge in [-0.05, 0) is 31.2 Å². The molecule has 30 heavy (non-hydrogen) atoms. The summed E-state index contributed by atoms with van der Waals surface area (Å²) in [7, 11) is 0.